The lowest BCUT2D eigenvalue weighted by Crippen LogP contribution is -2.13. The normalized spacial score (nSPS) is 10.7. The maximum absolute atomic E-state index is 12.8. The number of carbonyl (C=O) groups excluding carboxylic acids is 2. The van der Waals surface area contributed by atoms with E-state index in [1.165, 1.54) is 0 Å². The number of hydrogen-bond donors (Lipinski definition) is 2. The highest BCUT2D eigenvalue weighted by Crippen LogP contribution is 2.28. The molecule has 0 unspecified atom stereocenters. The Morgan fingerprint density at radius 1 is 1.00 bits per heavy atom. The first-order valence-electron chi connectivity index (χ1n) is 8.78. The summed E-state index contributed by atoms with van der Waals surface area (Å²) in [5, 5.41) is 6.36. The van der Waals surface area contributed by atoms with Crippen LogP contribution in [0.5, 0.6) is 0 Å². The Bertz CT molecular complexity index is 1100. The lowest BCUT2D eigenvalue weighted by atomic mass is 10.1. The van der Waals surface area contributed by atoms with Gasteiger partial charge in [0.2, 0.25) is 0 Å². The minimum atomic E-state index is -0.387. The van der Waals surface area contributed by atoms with E-state index in [4.69, 9.17) is 11.6 Å². The van der Waals surface area contributed by atoms with Gasteiger partial charge in [0.25, 0.3) is 11.8 Å². The Kier molecular flexibility index (Phi) is 6.41. The average molecular weight is 493 g/mol. The number of carbonyl (C=O) groups is 2. The van der Waals surface area contributed by atoms with E-state index in [-0.39, 0.29) is 11.8 Å². The SMILES string of the molecule is Cc1cc(C)c(NC(=O)c2sc(NC(=O)c3cc(Br)ccc3Cl)nc2C)c(C)c1. The smallest absolute Gasteiger partial charge is 0.267 e. The third kappa shape index (κ3) is 4.86. The zero-order chi connectivity index (χ0) is 21.3. The van der Waals surface area contributed by atoms with Crippen LogP contribution in [0.2, 0.25) is 5.02 Å². The summed E-state index contributed by atoms with van der Waals surface area (Å²) in [5.41, 5.74) is 4.80. The van der Waals surface area contributed by atoms with Crippen molar-refractivity contribution in [3.05, 3.63) is 72.7 Å². The van der Waals surface area contributed by atoms with Crippen LogP contribution >= 0.6 is 38.9 Å². The number of thiazole rings is 1. The molecular formula is C21H19BrClN3O2S. The molecule has 5 nitrogen and oxygen atoms in total. The van der Waals surface area contributed by atoms with Crippen molar-refractivity contribution in [3.8, 4) is 0 Å². The molecule has 2 amide bonds. The van der Waals surface area contributed by atoms with Gasteiger partial charge in [0.1, 0.15) is 4.88 Å². The third-order valence-electron chi connectivity index (χ3n) is 4.31. The molecule has 1 heterocycles. The molecule has 0 fully saturated rings. The molecule has 0 aliphatic rings. The largest absolute Gasteiger partial charge is 0.321 e. The summed E-state index contributed by atoms with van der Waals surface area (Å²) in [5.74, 6) is -0.640. The Morgan fingerprint density at radius 2 is 1.66 bits per heavy atom. The van der Waals surface area contributed by atoms with Crippen LogP contribution in [0.3, 0.4) is 0 Å². The van der Waals surface area contributed by atoms with Gasteiger partial charge in [-0.2, -0.15) is 0 Å². The summed E-state index contributed by atoms with van der Waals surface area (Å²) in [4.78, 5) is 30.1. The van der Waals surface area contributed by atoms with Crippen molar-refractivity contribution < 1.29 is 9.59 Å². The van der Waals surface area contributed by atoms with Crippen molar-refractivity contribution in [1.82, 2.24) is 4.98 Å². The van der Waals surface area contributed by atoms with Crippen LogP contribution in [0.4, 0.5) is 10.8 Å². The van der Waals surface area contributed by atoms with Crippen LogP contribution < -0.4 is 10.6 Å². The van der Waals surface area contributed by atoms with E-state index < -0.39 is 0 Å². The summed E-state index contributed by atoms with van der Waals surface area (Å²) < 4.78 is 0.742. The fourth-order valence-corrected chi connectivity index (χ4v) is 4.47. The van der Waals surface area contributed by atoms with E-state index in [0.717, 1.165) is 38.2 Å². The molecule has 2 N–H and O–H groups in total. The van der Waals surface area contributed by atoms with Crippen molar-refractivity contribution in [3.63, 3.8) is 0 Å². The molecule has 3 rings (SSSR count). The first-order chi connectivity index (χ1) is 13.7. The summed E-state index contributed by atoms with van der Waals surface area (Å²) in [7, 11) is 0. The van der Waals surface area contributed by atoms with Crippen molar-refractivity contribution >= 4 is 61.5 Å². The molecule has 0 bridgehead atoms. The zero-order valence-electron chi connectivity index (χ0n) is 16.3. The monoisotopic (exact) mass is 491 g/mol. The van der Waals surface area contributed by atoms with Crippen LogP contribution in [0.25, 0.3) is 0 Å². The maximum atomic E-state index is 12.8. The molecule has 3 aromatic rings. The van der Waals surface area contributed by atoms with Gasteiger partial charge in [-0.3, -0.25) is 14.9 Å². The first-order valence-corrected chi connectivity index (χ1v) is 10.8. The van der Waals surface area contributed by atoms with Crippen LogP contribution in [0.15, 0.2) is 34.8 Å². The minimum Gasteiger partial charge on any atom is -0.321 e. The highest BCUT2D eigenvalue weighted by atomic mass is 79.9. The number of aryl methyl sites for hydroxylation is 4. The van der Waals surface area contributed by atoms with Gasteiger partial charge in [0, 0.05) is 10.2 Å². The number of nitrogens with one attached hydrogen (secondary N) is 2. The molecule has 0 atom stereocenters. The van der Waals surface area contributed by atoms with Crippen molar-refractivity contribution in [1.29, 1.82) is 0 Å². The van der Waals surface area contributed by atoms with Gasteiger partial charge in [-0.25, -0.2) is 4.98 Å². The van der Waals surface area contributed by atoms with Gasteiger partial charge in [-0.15, -0.1) is 0 Å². The van der Waals surface area contributed by atoms with Crippen molar-refractivity contribution in [2.24, 2.45) is 0 Å². The summed E-state index contributed by atoms with van der Waals surface area (Å²) in [6, 6.07) is 9.07. The molecule has 0 spiro atoms. The van der Waals surface area contributed by atoms with E-state index in [2.05, 4.69) is 31.5 Å². The first kappa shape index (κ1) is 21.5. The zero-order valence-corrected chi connectivity index (χ0v) is 19.5. The molecule has 1 aromatic heterocycles. The number of benzene rings is 2. The Morgan fingerprint density at radius 3 is 2.31 bits per heavy atom. The van der Waals surface area contributed by atoms with Crippen LogP contribution in [-0.4, -0.2) is 16.8 Å². The predicted molar refractivity (Wildman–Crippen MR) is 123 cm³/mol. The number of amides is 2. The van der Waals surface area contributed by atoms with Crippen molar-refractivity contribution in [2.75, 3.05) is 10.6 Å². The standard InChI is InChI=1S/C21H19BrClN3O2S/c1-10-7-11(2)17(12(3)8-10)25-20(28)18-13(4)24-21(29-18)26-19(27)15-9-14(22)5-6-16(15)23/h5-9H,1-4H3,(H,25,28)(H,24,26,27). The Balaban J connectivity index is 1.80. The van der Waals surface area contributed by atoms with Crippen LogP contribution in [0, 0.1) is 27.7 Å². The number of anilines is 2. The fraction of sp³-hybridized carbons (Fsp3) is 0.190. The van der Waals surface area contributed by atoms with Gasteiger partial charge < -0.3 is 5.32 Å². The van der Waals surface area contributed by atoms with Gasteiger partial charge in [-0.1, -0.05) is 56.6 Å². The summed E-state index contributed by atoms with van der Waals surface area (Å²) in [6.07, 6.45) is 0. The number of aromatic nitrogens is 1. The molecule has 0 aliphatic heterocycles. The van der Waals surface area contributed by atoms with E-state index in [1.807, 2.05) is 32.9 Å². The molecule has 29 heavy (non-hydrogen) atoms. The molecule has 0 saturated heterocycles. The average Bonchev–Trinajstić information content (AvgIpc) is 3.00. The Hall–Kier alpha value is -2.22. The Labute approximate surface area is 186 Å². The molecule has 2 aromatic carbocycles. The highest BCUT2D eigenvalue weighted by molar-refractivity contribution is 9.10. The van der Waals surface area contributed by atoms with Gasteiger partial charge >= 0.3 is 0 Å². The predicted octanol–water partition coefficient (Wildman–Crippen LogP) is 6.30. The van der Waals surface area contributed by atoms with E-state index in [9.17, 15) is 9.59 Å². The second-order valence-corrected chi connectivity index (χ2v) is 9.06. The lowest BCUT2D eigenvalue weighted by molar-refractivity contribution is 0.102. The molecule has 0 radical (unpaired) electrons. The molecular weight excluding hydrogens is 474 g/mol. The molecule has 0 aliphatic carbocycles. The lowest BCUT2D eigenvalue weighted by Gasteiger charge is -2.12. The highest BCUT2D eigenvalue weighted by Gasteiger charge is 2.19. The molecule has 8 heteroatoms. The molecule has 150 valence electrons. The topological polar surface area (TPSA) is 71.1 Å². The van der Waals surface area contributed by atoms with E-state index >= 15 is 0 Å². The summed E-state index contributed by atoms with van der Waals surface area (Å²) in [6.45, 7) is 7.68. The van der Waals surface area contributed by atoms with E-state index in [1.54, 1.807) is 25.1 Å². The quantitative estimate of drug-likeness (QED) is 0.449. The second-order valence-electron chi connectivity index (χ2n) is 6.74. The number of hydrogen-bond acceptors (Lipinski definition) is 4. The number of rotatable bonds is 4. The van der Waals surface area contributed by atoms with Crippen LogP contribution in [-0.2, 0) is 0 Å². The summed E-state index contributed by atoms with van der Waals surface area (Å²) >= 11 is 10.6. The number of nitrogens with zero attached hydrogens (tertiary/aromatic N) is 1. The fourth-order valence-electron chi connectivity index (χ4n) is 3.04. The van der Waals surface area contributed by atoms with E-state index in [0.29, 0.717) is 26.3 Å². The van der Waals surface area contributed by atoms with Crippen LogP contribution in [0.1, 0.15) is 42.4 Å². The molecule has 0 saturated carbocycles. The third-order valence-corrected chi connectivity index (χ3v) is 6.21. The minimum absolute atomic E-state index is 0.254. The second kappa shape index (κ2) is 8.65. The number of halogens is 2. The van der Waals surface area contributed by atoms with Gasteiger partial charge in [-0.05, 0) is 57.0 Å². The maximum Gasteiger partial charge on any atom is 0.267 e. The van der Waals surface area contributed by atoms with Gasteiger partial charge in [0.05, 0.1) is 16.3 Å². The van der Waals surface area contributed by atoms with Crippen molar-refractivity contribution in [2.45, 2.75) is 27.7 Å². The van der Waals surface area contributed by atoms with Gasteiger partial charge in [0.15, 0.2) is 5.13 Å².